The maximum absolute atomic E-state index is 13.0. The Labute approximate surface area is 238 Å². The second-order valence-corrected chi connectivity index (χ2v) is 12.1. The van der Waals surface area contributed by atoms with E-state index in [0.717, 1.165) is 27.6 Å². The van der Waals surface area contributed by atoms with Crippen molar-refractivity contribution in [2.75, 3.05) is 32.5 Å². The maximum atomic E-state index is 13.0. The van der Waals surface area contributed by atoms with Gasteiger partial charge in [-0.05, 0) is 53.3 Å². The van der Waals surface area contributed by atoms with Crippen molar-refractivity contribution in [1.82, 2.24) is 14.9 Å². The van der Waals surface area contributed by atoms with Gasteiger partial charge < -0.3 is 20.5 Å². The van der Waals surface area contributed by atoms with Gasteiger partial charge in [-0.25, -0.2) is 12.7 Å². The number of nitrogens with one attached hydrogen (secondary N) is 2. The third-order valence-corrected chi connectivity index (χ3v) is 8.75. The summed E-state index contributed by atoms with van der Waals surface area (Å²) in [5.74, 6) is 0.102. The minimum absolute atomic E-state index is 0.164. The van der Waals surface area contributed by atoms with Gasteiger partial charge in [0.25, 0.3) is 0 Å². The molecule has 0 aromatic heterocycles. The fourth-order valence-electron chi connectivity index (χ4n) is 4.80. The number of aliphatic hydroxyl groups is 1. The third kappa shape index (κ3) is 9.30. The molecule has 0 saturated carbocycles. The Kier molecular flexibility index (Phi) is 12.4. The number of hydrogen-bond donors (Lipinski definition) is 3. The van der Waals surface area contributed by atoms with Crippen LogP contribution in [0.4, 0.5) is 0 Å². The summed E-state index contributed by atoms with van der Waals surface area (Å²) in [5, 5.41) is 19.5. The Bertz CT molecular complexity index is 1320. The normalized spacial score (nSPS) is 13.3. The van der Waals surface area contributed by atoms with Gasteiger partial charge in [0.05, 0.1) is 25.0 Å². The van der Waals surface area contributed by atoms with Crippen LogP contribution in [0.3, 0.4) is 0 Å². The summed E-state index contributed by atoms with van der Waals surface area (Å²) in [6.07, 6.45) is 0.768. The highest BCUT2D eigenvalue weighted by atomic mass is 32.2. The summed E-state index contributed by atoms with van der Waals surface area (Å²) >= 11 is 0. The smallest absolute Gasteiger partial charge is 0.221 e. The van der Waals surface area contributed by atoms with E-state index in [9.17, 15) is 18.3 Å². The molecule has 1 amide bonds. The third-order valence-electron chi connectivity index (χ3n) is 6.87. The van der Waals surface area contributed by atoms with Gasteiger partial charge in [0.2, 0.25) is 15.9 Å². The summed E-state index contributed by atoms with van der Waals surface area (Å²) in [7, 11) is -1.93. The Morgan fingerprint density at radius 2 is 1.70 bits per heavy atom. The summed E-state index contributed by atoms with van der Waals surface area (Å²) in [6.45, 7) is 5.52. The highest BCUT2D eigenvalue weighted by Crippen LogP contribution is 2.21. The first-order valence-corrected chi connectivity index (χ1v) is 15.6. The Morgan fingerprint density at radius 3 is 2.42 bits per heavy atom. The molecule has 40 heavy (non-hydrogen) atoms. The number of methoxy groups -OCH3 is 1. The van der Waals surface area contributed by atoms with Crippen LogP contribution in [0.2, 0.25) is 0 Å². The van der Waals surface area contributed by atoms with Crippen LogP contribution in [-0.2, 0) is 27.8 Å². The lowest BCUT2D eigenvalue weighted by molar-refractivity contribution is -0.122. The van der Waals surface area contributed by atoms with E-state index in [2.05, 4.69) is 10.6 Å². The van der Waals surface area contributed by atoms with E-state index in [4.69, 9.17) is 4.74 Å². The molecule has 0 spiro atoms. The number of benzene rings is 3. The van der Waals surface area contributed by atoms with Crippen molar-refractivity contribution in [3.05, 3.63) is 77.9 Å². The van der Waals surface area contributed by atoms with Crippen molar-refractivity contribution in [2.24, 2.45) is 0 Å². The predicted octanol–water partition coefficient (Wildman–Crippen LogP) is 3.87. The van der Waals surface area contributed by atoms with Crippen LogP contribution in [0.1, 0.15) is 44.2 Å². The van der Waals surface area contributed by atoms with E-state index in [0.29, 0.717) is 38.9 Å². The van der Waals surface area contributed by atoms with Gasteiger partial charge in [-0.15, -0.1) is 0 Å². The van der Waals surface area contributed by atoms with E-state index in [1.807, 2.05) is 80.6 Å². The Hall–Kier alpha value is -2.98. The summed E-state index contributed by atoms with van der Waals surface area (Å²) in [4.78, 5) is 13.0. The van der Waals surface area contributed by atoms with E-state index in [1.165, 1.54) is 4.31 Å². The molecule has 3 N–H and O–H groups in total. The first-order valence-electron chi connectivity index (χ1n) is 14.0. The van der Waals surface area contributed by atoms with E-state index in [-0.39, 0.29) is 18.7 Å². The number of hydrogen-bond acceptors (Lipinski definition) is 6. The average molecular weight is 570 g/mol. The molecule has 0 aliphatic rings. The van der Waals surface area contributed by atoms with Gasteiger partial charge in [0, 0.05) is 32.6 Å². The van der Waals surface area contributed by atoms with Crippen LogP contribution in [-0.4, -0.2) is 68.4 Å². The van der Waals surface area contributed by atoms with Crippen LogP contribution in [0.5, 0.6) is 5.75 Å². The molecule has 0 aliphatic carbocycles. The maximum Gasteiger partial charge on any atom is 0.221 e. The van der Waals surface area contributed by atoms with Crippen LogP contribution in [0, 0.1) is 0 Å². The van der Waals surface area contributed by atoms with Crippen molar-refractivity contribution in [2.45, 2.75) is 58.2 Å². The summed E-state index contributed by atoms with van der Waals surface area (Å²) in [5.41, 5.74) is 2.01. The zero-order chi connectivity index (χ0) is 29.0. The number of sulfonamides is 1. The largest absolute Gasteiger partial charge is 0.497 e. The monoisotopic (exact) mass is 569 g/mol. The summed E-state index contributed by atoms with van der Waals surface area (Å²) in [6, 6.07) is 21.1. The second-order valence-electron chi connectivity index (χ2n) is 10.0. The minimum Gasteiger partial charge on any atom is -0.497 e. The first kappa shape index (κ1) is 31.5. The lowest BCUT2D eigenvalue weighted by Crippen LogP contribution is -2.49. The highest BCUT2D eigenvalue weighted by Gasteiger charge is 2.25. The number of nitrogens with zero attached hydrogens (tertiary/aromatic N) is 1. The van der Waals surface area contributed by atoms with Crippen LogP contribution in [0.25, 0.3) is 10.8 Å². The van der Waals surface area contributed by atoms with E-state index < -0.39 is 28.1 Å². The Balaban J connectivity index is 1.71. The average Bonchev–Trinajstić information content (AvgIpc) is 2.96. The predicted molar refractivity (Wildman–Crippen MR) is 161 cm³/mol. The molecule has 0 unspecified atom stereocenters. The zero-order valence-electron chi connectivity index (χ0n) is 23.8. The Morgan fingerprint density at radius 1 is 1.00 bits per heavy atom. The minimum atomic E-state index is -3.55. The molecule has 3 aromatic carbocycles. The molecule has 218 valence electrons. The van der Waals surface area contributed by atoms with Crippen molar-refractivity contribution >= 4 is 26.7 Å². The molecule has 0 fully saturated rings. The van der Waals surface area contributed by atoms with Crippen LogP contribution < -0.4 is 15.4 Å². The van der Waals surface area contributed by atoms with E-state index >= 15 is 0 Å². The number of rotatable bonds is 17. The van der Waals surface area contributed by atoms with Gasteiger partial charge in [-0.1, -0.05) is 68.4 Å². The number of carbonyl (C=O) groups is 1. The molecule has 0 heterocycles. The zero-order valence-corrected chi connectivity index (χ0v) is 24.6. The fourth-order valence-corrected chi connectivity index (χ4v) is 6.42. The number of carbonyl (C=O) groups excluding carboxylic acids is 1. The van der Waals surface area contributed by atoms with E-state index in [1.54, 1.807) is 7.11 Å². The van der Waals surface area contributed by atoms with Gasteiger partial charge in [-0.3, -0.25) is 4.79 Å². The van der Waals surface area contributed by atoms with Crippen molar-refractivity contribution in [1.29, 1.82) is 0 Å². The lowest BCUT2D eigenvalue weighted by Gasteiger charge is -2.26. The van der Waals surface area contributed by atoms with Gasteiger partial charge in [0.15, 0.2) is 0 Å². The number of aliphatic hydroxyl groups excluding tert-OH is 1. The molecule has 0 bridgehead atoms. The molecule has 0 radical (unpaired) electrons. The van der Waals surface area contributed by atoms with Crippen molar-refractivity contribution < 1.29 is 23.1 Å². The molecule has 8 nitrogen and oxygen atoms in total. The number of amides is 1. The highest BCUT2D eigenvalue weighted by molar-refractivity contribution is 7.89. The van der Waals surface area contributed by atoms with Gasteiger partial charge in [0.1, 0.15) is 5.75 Å². The van der Waals surface area contributed by atoms with Gasteiger partial charge >= 0.3 is 0 Å². The molecule has 0 aliphatic heterocycles. The second kappa shape index (κ2) is 15.7. The molecule has 9 heteroatoms. The molecular formula is C31H43N3O5S. The van der Waals surface area contributed by atoms with Crippen molar-refractivity contribution in [3.63, 3.8) is 0 Å². The molecule has 3 rings (SSSR count). The lowest BCUT2D eigenvalue weighted by atomic mass is 9.96. The molecular weight excluding hydrogens is 526 g/mol. The van der Waals surface area contributed by atoms with Crippen molar-refractivity contribution in [3.8, 4) is 5.75 Å². The molecule has 2 atom stereocenters. The standard InChI is InChI=1S/C31H43N3O5S/c1-4-17-34(18-5-2)40(37,38)19-16-31(36)33-29(21-26-13-9-12-25-11-6-7-15-28(25)26)30(35)23-32-22-24-10-8-14-27(20-24)39-3/h6-15,20,29-30,32,35H,4-5,16-19,21-23H2,1-3H3,(H,33,36)/t29-,30-/m0/s1. The quantitative estimate of drug-likeness (QED) is 0.228. The number of fused-ring (bicyclic) bond motifs is 1. The topological polar surface area (TPSA) is 108 Å². The molecule has 3 aromatic rings. The van der Waals surface area contributed by atoms with Gasteiger partial charge in [-0.2, -0.15) is 0 Å². The SMILES string of the molecule is CCCN(CCC)S(=O)(=O)CCC(=O)N[C@@H](Cc1cccc2ccccc12)[C@@H](O)CNCc1cccc(OC)c1. The first-order chi connectivity index (χ1) is 19.3. The fraction of sp³-hybridized carbons (Fsp3) is 0.452. The summed E-state index contributed by atoms with van der Waals surface area (Å²) < 4.78 is 32.5. The van der Waals surface area contributed by atoms with Crippen LogP contribution >= 0.6 is 0 Å². The molecule has 0 saturated heterocycles. The number of ether oxygens (including phenoxy) is 1. The van der Waals surface area contributed by atoms with Crippen LogP contribution in [0.15, 0.2) is 66.7 Å².